The molecule has 6 nitrogen and oxygen atoms in total. The third-order valence-electron chi connectivity index (χ3n) is 16.2. The van der Waals surface area contributed by atoms with Gasteiger partial charge in [0.05, 0.1) is 25.4 Å². The van der Waals surface area contributed by atoms with Crippen molar-refractivity contribution >= 4 is 11.9 Å². The normalized spacial score (nSPS) is 12.7. The van der Waals surface area contributed by atoms with E-state index >= 15 is 0 Å². The monoisotopic (exact) mass is 1080 g/mol. The molecule has 6 heteroatoms. The van der Waals surface area contributed by atoms with E-state index in [0.717, 1.165) is 51.4 Å². The molecule has 0 aliphatic carbocycles. The number of hydrogen-bond donors (Lipinski definition) is 3. The number of rotatable bonds is 65. The highest BCUT2D eigenvalue weighted by Gasteiger charge is 2.18. The van der Waals surface area contributed by atoms with Gasteiger partial charge in [0.25, 0.3) is 0 Å². The number of allylic oxidation sites excluding steroid dienone is 5. The van der Waals surface area contributed by atoms with Gasteiger partial charge in [-0.1, -0.05) is 339 Å². The van der Waals surface area contributed by atoms with Crippen LogP contribution in [0.5, 0.6) is 0 Å². The molecular weight excluding hydrogens is 947 g/mol. The van der Waals surface area contributed by atoms with E-state index < -0.39 is 12.1 Å². The Morgan fingerprint density at radius 1 is 0.364 bits per heavy atom. The highest BCUT2D eigenvalue weighted by atomic mass is 16.5. The molecule has 0 heterocycles. The molecule has 0 fully saturated rings. The van der Waals surface area contributed by atoms with Crippen molar-refractivity contribution in [3.63, 3.8) is 0 Å². The molecule has 0 rings (SSSR count). The molecule has 0 radical (unpaired) electrons. The summed E-state index contributed by atoms with van der Waals surface area (Å²) in [7, 11) is 0. The number of carbonyl (C=O) groups excluding carboxylic acids is 2. The Hall–Kier alpha value is -1.92. The molecule has 77 heavy (non-hydrogen) atoms. The van der Waals surface area contributed by atoms with Crippen molar-refractivity contribution < 1.29 is 24.5 Å². The van der Waals surface area contributed by atoms with Crippen LogP contribution in [0.25, 0.3) is 0 Å². The van der Waals surface area contributed by atoms with E-state index in [-0.39, 0.29) is 18.5 Å². The van der Waals surface area contributed by atoms with E-state index in [0.29, 0.717) is 19.4 Å². The van der Waals surface area contributed by atoms with Crippen molar-refractivity contribution in [3.05, 3.63) is 36.5 Å². The van der Waals surface area contributed by atoms with Gasteiger partial charge < -0.3 is 20.3 Å². The molecule has 0 bridgehead atoms. The van der Waals surface area contributed by atoms with Crippen LogP contribution in [0, 0.1) is 0 Å². The molecule has 0 spiro atoms. The van der Waals surface area contributed by atoms with Gasteiger partial charge in [-0.2, -0.15) is 0 Å². The van der Waals surface area contributed by atoms with E-state index in [9.17, 15) is 19.8 Å². The topological polar surface area (TPSA) is 95.9 Å². The number of carbonyl (C=O) groups is 2. The number of nitrogens with one attached hydrogen (secondary N) is 1. The maximum absolute atomic E-state index is 12.5. The Kier molecular flexibility index (Phi) is 64.9. The summed E-state index contributed by atoms with van der Waals surface area (Å²) in [5.41, 5.74) is 0. The van der Waals surface area contributed by atoms with Gasteiger partial charge in [-0.25, -0.2) is 0 Å². The summed E-state index contributed by atoms with van der Waals surface area (Å²) in [4.78, 5) is 24.6. The van der Waals surface area contributed by atoms with Gasteiger partial charge in [0.2, 0.25) is 5.91 Å². The van der Waals surface area contributed by atoms with Gasteiger partial charge in [-0.3, -0.25) is 9.59 Å². The molecule has 0 aromatic heterocycles. The van der Waals surface area contributed by atoms with Crippen molar-refractivity contribution in [2.45, 2.75) is 392 Å². The molecule has 3 N–H and O–H groups in total. The largest absolute Gasteiger partial charge is 0.466 e. The van der Waals surface area contributed by atoms with Crippen molar-refractivity contribution in [1.82, 2.24) is 5.32 Å². The molecule has 0 aromatic carbocycles. The van der Waals surface area contributed by atoms with Crippen LogP contribution in [0.3, 0.4) is 0 Å². The average Bonchev–Trinajstić information content (AvgIpc) is 3.43. The van der Waals surface area contributed by atoms with E-state index in [4.69, 9.17) is 4.74 Å². The van der Waals surface area contributed by atoms with Gasteiger partial charge >= 0.3 is 5.97 Å². The van der Waals surface area contributed by atoms with Crippen LogP contribution in [-0.2, 0) is 14.3 Å². The van der Waals surface area contributed by atoms with Gasteiger partial charge in [0, 0.05) is 12.8 Å². The van der Waals surface area contributed by atoms with Crippen LogP contribution >= 0.6 is 0 Å². The summed E-state index contributed by atoms with van der Waals surface area (Å²) >= 11 is 0. The van der Waals surface area contributed by atoms with Gasteiger partial charge in [-0.05, 0) is 64.2 Å². The lowest BCUT2D eigenvalue weighted by Crippen LogP contribution is -2.45. The molecule has 2 unspecified atom stereocenters. The molecule has 1 amide bonds. The minimum atomic E-state index is -0.848. The van der Waals surface area contributed by atoms with Gasteiger partial charge in [0.15, 0.2) is 0 Å². The van der Waals surface area contributed by atoms with Crippen LogP contribution in [0.2, 0.25) is 0 Å². The van der Waals surface area contributed by atoms with Gasteiger partial charge in [0.1, 0.15) is 0 Å². The lowest BCUT2D eigenvalue weighted by Gasteiger charge is -2.20. The van der Waals surface area contributed by atoms with Crippen molar-refractivity contribution in [2.24, 2.45) is 0 Å². The first-order valence-corrected chi connectivity index (χ1v) is 34.8. The van der Waals surface area contributed by atoms with E-state index in [1.54, 1.807) is 6.08 Å². The third-order valence-corrected chi connectivity index (χ3v) is 16.2. The quantitative estimate of drug-likeness (QED) is 0.0320. The number of amides is 1. The lowest BCUT2D eigenvalue weighted by molar-refractivity contribution is -0.143. The lowest BCUT2D eigenvalue weighted by atomic mass is 10.0. The van der Waals surface area contributed by atoms with Crippen LogP contribution in [0.1, 0.15) is 380 Å². The Balaban J connectivity index is 3.42. The zero-order chi connectivity index (χ0) is 55.7. The standard InChI is InChI=1S/C71H135NO5/c1-3-5-7-9-11-13-15-17-19-21-23-24-25-28-31-35-39-43-47-51-55-59-63-69(74)68(67-73)72-70(75)64-60-56-52-48-44-40-36-32-29-26-27-30-34-38-42-46-50-54-58-62-66-77-71(76)65-61-57-53-49-45-41-37-33-22-20-18-16-14-12-10-8-6-4-2/h14,16,20,22,59,63,68-69,73-74H,3-13,15,17-19,21,23-58,60-62,64-67H2,1-2H3,(H,72,75)/b16-14-,22-20-,63-59+. The third kappa shape index (κ3) is 63.1. The van der Waals surface area contributed by atoms with Crippen LogP contribution in [0.4, 0.5) is 0 Å². The first kappa shape index (κ1) is 75.1. The second-order valence-electron chi connectivity index (χ2n) is 23.9. The van der Waals surface area contributed by atoms with Crippen LogP contribution in [0.15, 0.2) is 36.5 Å². The Labute approximate surface area is 481 Å². The van der Waals surface area contributed by atoms with E-state index in [2.05, 4.69) is 43.5 Å². The van der Waals surface area contributed by atoms with Gasteiger partial charge in [-0.15, -0.1) is 0 Å². The fourth-order valence-electron chi connectivity index (χ4n) is 10.8. The highest BCUT2D eigenvalue weighted by Crippen LogP contribution is 2.18. The number of aliphatic hydroxyl groups excluding tert-OH is 2. The molecule has 454 valence electrons. The summed E-state index contributed by atoms with van der Waals surface area (Å²) in [6.45, 7) is 4.91. The SMILES string of the molecule is CCCCCC/C=C\C/C=C\CCCCCCCCCC(=O)OCCCCCCCCCCCCCCCCCCCCCCC(=O)NC(CO)C(O)/C=C/CCCCCCCCCCCCCCCCCCCCCC. The fourth-order valence-corrected chi connectivity index (χ4v) is 10.8. The first-order chi connectivity index (χ1) is 38.0. The van der Waals surface area contributed by atoms with Crippen LogP contribution < -0.4 is 5.32 Å². The smallest absolute Gasteiger partial charge is 0.305 e. The number of aliphatic hydroxyl groups is 2. The molecule has 0 aromatic rings. The first-order valence-electron chi connectivity index (χ1n) is 34.8. The second-order valence-corrected chi connectivity index (χ2v) is 23.9. The highest BCUT2D eigenvalue weighted by molar-refractivity contribution is 5.76. The molecule has 0 aliphatic heterocycles. The van der Waals surface area contributed by atoms with Crippen LogP contribution in [-0.4, -0.2) is 47.4 Å². The predicted molar refractivity (Wildman–Crippen MR) is 338 cm³/mol. The Bertz CT molecular complexity index is 1250. The van der Waals surface area contributed by atoms with Crippen molar-refractivity contribution in [1.29, 1.82) is 0 Å². The second kappa shape index (κ2) is 66.6. The zero-order valence-electron chi connectivity index (χ0n) is 52.0. The number of hydrogen-bond acceptors (Lipinski definition) is 5. The maximum Gasteiger partial charge on any atom is 0.305 e. The van der Waals surface area contributed by atoms with Crippen molar-refractivity contribution in [3.8, 4) is 0 Å². The summed E-state index contributed by atoms with van der Waals surface area (Å²) in [5.74, 6) is -0.0631. The Morgan fingerprint density at radius 3 is 1.00 bits per heavy atom. The zero-order valence-corrected chi connectivity index (χ0v) is 52.0. The summed E-state index contributed by atoms with van der Waals surface area (Å²) in [6, 6.07) is -0.631. The maximum atomic E-state index is 12.5. The fraction of sp³-hybridized carbons (Fsp3) is 0.887. The van der Waals surface area contributed by atoms with E-state index in [1.807, 2.05) is 6.08 Å². The number of unbranched alkanes of at least 4 members (excludes halogenated alkanes) is 50. The molecular formula is C71H135NO5. The molecule has 0 aliphatic rings. The molecule has 0 saturated heterocycles. The predicted octanol–water partition coefficient (Wildman–Crippen LogP) is 22.3. The summed E-state index contributed by atoms with van der Waals surface area (Å²) in [5, 5.41) is 23.3. The van der Waals surface area contributed by atoms with E-state index in [1.165, 1.54) is 302 Å². The molecule has 0 saturated carbocycles. The average molecular weight is 1080 g/mol. The molecule has 2 atom stereocenters. The van der Waals surface area contributed by atoms with Crippen molar-refractivity contribution in [2.75, 3.05) is 13.2 Å². The summed E-state index contributed by atoms with van der Waals surface area (Å²) < 4.78 is 5.50. The number of esters is 1. The minimum Gasteiger partial charge on any atom is -0.466 e. The summed E-state index contributed by atoms with van der Waals surface area (Å²) in [6.07, 6.45) is 84.9. The Morgan fingerprint density at radius 2 is 0.649 bits per heavy atom. The minimum absolute atomic E-state index is 0.00325. The number of ether oxygens (including phenoxy) is 1.